The van der Waals surface area contributed by atoms with Crippen LogP contribution in [-0.4, -0.2) is 10.1 Å². The third-order valence-electron chi connectivity index (χ3n) is 1.46. The highest BCUT2D eigenvalue weighted by atomic mass is 16.8. The Hall–Kier alpha value is -2.38. The minimum absolute atomic E-state index is 0.0269. The quantitative estimate of drug-likeness (QED) is 0.428. The summed E-state index contributed by atoms with van der Waals surface area (Å²) in [7, 11) is 0. The Kier molecular flexibility index (Phi) is 2.47. The fourth-order valence-electron chi connectivity index (χ4n) is 0.905. The van der Waals surface area contributed by atoms with Gasteiger partial charge in [-0.15, -0.1) is 0 Å². The summed E-state index contributed by atoms with van der Waals surface area (Å²) in [5.74, 6) is 0. The van der Waals surface area contributed by atoms with Gasteiger partial charge in [-0.2, -0.15) is 0 Å². The lowest BCUT2D eigenvalue weighted by molar-refractivity contribution is -0.711. The van der Waals surface area contributed by atoms with Gasteiger partial charge in [0, 0.05) is 0 Å². The average Bonchev–Trinajstić information content (AvgIpc) is 2.07. The fourth-order valence-corrected chi connectivity index (χ4v) is 0.905. The smallest absolute Gasteiger partial charge is 0.228 e. The molecule has 1 aromatic carbocycles. The van der Waals surface area contributed by atoms with E-state index < -0.39 is 10.1 Å². The van der Waals surface area contributed by atoms with Crippen molar-refractivity contribution in [3.05, 3.63) is 44.5 Å². The largest absolute Gasteiger partial charge is 0.397 e. The van der Waals surface area contributed by atoms with E-state index in [0.717, 1.165) is 0 Å². The number of nitrogen functional groups attached to an aromatic ring is 1. The molecule has 0 aromatic heterocycles. The normalized spacial score (nSPS) is 9.43. The summed E-state index contributed by atoms with van der Waals surface area (Å²) in [6, 6.07) is 5.48. The summed E-state index contributed by atoms with van der Waals surface area (Å²) in [5.41, 5.74) is 5.06. The number of hydrogen-bond donors (Lipinski definition) is 1. The van der Waals surface area contributed by atoms with Crippen LogP contribution >= 0.6 is 0 Å². The van der Waals surface area contributed by atoms with Gasteiger partial charge < -0.3 is 5.73 Å². The SMILES string of the molecule is Nc1ccccc1N([N+](=O)[O-])[N+](=O)[O-]. The molecule has 0 saturated heterocycles. The van der Waals surface area contributed by atoms with Crippen molar-refractivity contribution in [2.45, 2.75) is 0 Å². The van der Waals surface area contributed by atoms with Gasteiger partial charge in [-0.3, -0.25) is 0 Å². The maximum Gasteiger partial charge on any atom is 0.228 e. The van der Waals surface area contributed by atoms with Crippen molar-refractivity contribution >= 4 is 11.4 Å². The summed E-state index contributed by atoms with van der Waals surface area (Å²) >= 11 is 0. The van der Waals surface area contributed by atoms with Crippen LogP contribution in [-0.2, 0) is 0 Å². The fraction of sp³-hybridized carbons (Fsp3) is 0. The van der Waals surface area contributed by atoms with Gasteiger partial charge in [-0.25, -0.2) is 20.2 Å². The van der Waals surface area contributed by atoms with E-state index in [1.807, 2.05) is 0 Å². The molecule has 0 radical (unpaired) electrons. The zero-order valence-electron chi connectivity index (χ0n) is 6.86. The van der Waals surface area contributed by atoms with Crippen molar-refractivity contribution in [1.82, 2.24) is 0 Å². The number of rotatable bonds is 3. The molecular formula is C6H6N4O4. The number of benzene rings is 1. The minimum Gasteiger partial charge on any atom is -0.397 e. The molecule has 0 atom stereocenters. The Morgan fingerprint density at radius 3 is 2.07 bits per heavy atom. The van der Waals surface area contributed by atoms with Crippen LogP contribution in [0.25, 0.3) is 0 Å². The maximum atomic E-state index is 10.3. The molecule has 0 aliphatic rings. The first kappa shape index (κ1) is 9.71. The monoisotopic (exact) mass is 198 g/mol. The predicted octanol–water partition coefficient (Wildman–Crippen LogP) is 0.459. The summed E-state index contributed by atoms with van der Waals surface area (Å²) in [6.45, 7) is 0. The lowest BCUT2D eigenvalue weighted by Gasteiger charge is -2.04. The van der Waals surface area contributed by atoms with Crippen molar-refractivity contribution < 1.29 is 10.1 Å². The molecule has 0 spiro atoms. The van der Waals surface area contributed by atoms with Gasteiger partial charge >= 0.3 is 0 Å². The van der Waals surface area contributed by atoms with E-state index in [9.17, 15) is 20.2 Å². The van der Waals surface area contributed by atoms with E-state index >= 15 is 0 Å². The van der Waals surface area contributed by atoms with Gasteiger partial charge in [0.2, 0.25) is 20.9 Å². The number of anilines is 2. The summed E-state index contributed by atoms with van der Waals surface area (Å²) in [4.78, 5) is 20.7. The second kappa shape index (κ2) is 3.56. The lowest BCUT2D eigenvalue weighted by atomic mass is 10.3. The molecule has 0 fully saturated rings. The van der Waals surface area contributed by atoms with Crippen LogP contribution in [0.2, 0.25) is 0 Å². The van der Waals surface area contributed by atoms with Crippen molar-refractivity contribution in [2.75, 3.05) is 10.9 Å². The van der Waals surface area contributed by atoms with Crippen molar-refractivity contribution in [3.63, 3.8) is 0 Å². The van der Waals surface area contributed by atoms with E-state index in [2.05, 4.69) is 0 Å². The Balaban J connectivity index is 3.18. The Morgan fingerprint density at radius 1 is 1.14 bits per heavy atom. The average molecular weight is 198 g/mol. The molecule has 0 amide bonds. The van der Waals surface area contributed by atoms with Crippen LogP contribution < -0.4 is 10.9 Å². The topological polar surface area (TPSA) is 116 Å². The standard InChI is InChI=1S/C6H6N4O4/c7-5-3-1-2-4-6(5)8(9(11)12)10(13)14/h1-4H,7H2. The van der Waals surface area contributed by atoms with E-state index in [0.29, 0.717) is 0 Å². The van der Waals surface area contributed by atoms with Crippen molar-refractivity contribution in [2.24, 2.45) is 0 Å². The molecule has 1 rings (SSSR count). The number of para-hydroxylation sites is 2. The van der Waals surface area contributed by atoms with Gasteiger partial charge in [0.1, 0.15) is 0 Å². The highest BCUT2D eigenvalue weighted by Gasteiger charge is 2.31. The first-order valence-electron chi connectivity index (χ1n) is 3.47. The molecule has 0 aliphatic heterocycles. The minimum atomic E-state index is -1.15. The molecule has 14 heavy (non-hydrogen) atoms. The first-order valence-corrected chi connectivity index (χ1v) is 3.47. The molecule has 0 saturated carbocycles. The third kappa shape index (κ3) is 1.68. The molecule has 8 heteroatoms. The second-order valence-electron chi connectivity index (χ2n) is 2.32. The highest BCUT2D eigenvalue weighted by Crippen LogP contribution is 2.21. The predicted molar refractivity (Wildman–Crippen MR) is 47.3 cm³/mol. The van der Waals surface area contributed by atoms with E-state index in [1.165, 1.54) is 24.3 Å². The molecule has 0 unspecified atom stereocenters. The van der Waals surface area contributed by atoms with E-state index in [4.69, 9.17) is 5.73 Å². The number of hydrazine groups is 2. The Bertz CT molecular complexity index is 366. The lowest BCUT2D eigenvalue weighted by Crippen LogP contribution is -2.35. The Morgan fingerprint density at radius 2 is 1.64 bits per heavy atom. The van der Waals surface area contributed by atoms with Crippen LogP contribution in [0.1, 0.15) is 0 Å². The molecular weight excluding hydrogens is 192 g/mol. The molecule has 1 aromatic rings. The van der Waals surface area contributed by atoms with Crippen LogP contribution in [0.3, 0.4) is 0 Å². The van der Waals surface area contributed by atoms with E-state index in [-0.39, 0.29) is 16.5 Å². The number of hydrogen-bond acceptors (Lipinski definition) is 5. The van der Waals surface area contributed by atoms with Gasteiger partial charge in [0.25, 0.3) is 0 Å². The van der Waals surface area contributed by atoms with Crippen molar-refractivity contribution in [1.29, 1.82) is 0 Å². The van der Waals surface area contributed by atoms with Gasteiger partial charge in [0.15, 0.2) is 0 Å². The summed E-state index contributed by atoms with van der Waals surface area (Å²) < 4.78 is 0. The summed E-state index contributed by atoms with van der Waals surface area (Å²) in [6.07, 6.45) is 0. The first-order chi connectivity index (χ1) is 6.54. The number of nitrogens with zero attached hydrogens (tertiary/aromatic N) is 3. The number of nitrogens with two attached hydrogens (primary N) is 1. The third-order valence-corrected chi connectivity index (χ3v) is 1.46. The molecule has 0 heterocycles. The summed E-state index contributed by atoms with van der Waals surface area (Å²) in [5, 5.41) is 18.1. The second-order valence-corrected chi connectivity index (χ2v) is 2.32. The molecule has 2 N–H and O–H groups in total. The van der Waals surface area contributed by atoms with Crippen LogP contribution in [0.5, 0.6) is 0 Å². The molecule has 0 aliphatic carbocycles. The van der Waals surface area contributed by atoms with Gasteiger partial charge in [-0.05, 0) is 12.1 Å². The molecule has 74 valence electrons. The van der Waals surface area contributed by atoms with Gasteiger partial charge in [0.05, 0.1) is 5.69 Å². The van der Waals surface area contributed by atoms with Crippen LogP contribution in [0, 0.1) is 20.2 Å². The molecule has 0 bridgehead atoms. The molecule has 8 nitrogen and oxygen atoms in total. The number of nitro groups is 2. The van der Waals surface area contributed by atoms with Gasteiger partial charge in [-0.1, -0.05) is 12.1 Å². The van der Waals surface area contributed by atoms with Crippen LogP contribution in [0.15, 0.2) is 24.3 Å². The zero-order valence-corrected chi connectivity index (χ0v) is 6.86. The highest BCUT2D eigenvalue weighted by molar-refractivity contribution is 5.64. The van der Waals surface area contributed by atoms with Crippen LogP contribution in [0.4, 0.5) is 11.4 Å². The van der Waals surface area contributed by atoms with Crippen molar-refractivity contribution in [3.8, 4) is 0 Å². The Labute approximate surface area is 77.8 Å². The maximum absolute atomic E-state index is 10.3. The van der Waals surface area contributed by atoms with E-state index in [1.54, 1.807) is 0 Å². The zero-order chi connectivity index (χ0) is 10.7.